The number of ether oxygens (including phenoxy) is 1. The van der Waals surface area contributed by atoms with Gasteiger partial charge in [-0.25, -0.2) is 4.79 Å². The Hall–Kier alpha value is -1.84. The standard InChI is InChI=1S/C19H27NO3/c1-13(2)16-10-17(18(21)14(3)4)20(11-16)19(22)23-12-15-8-6-5-7-9-15/h5-9,13-14,16-17H,10-12H2,1-4H3/t16-,17+/m1/s1. The van der Waals surface area contributed by atoms with Crippen LogP contribution in [-0.2, 0) is 16.1 Å². The lowest BCUT2D eigenvalue weighted by Crippen LogP contribution is -2.42. The average Bonchev–Trinajstić information content (AvgIpc) is 2.98. The van der Waals surface area contributed by atoms with Crippen LogP contribution in [0, 0.1) is 17.8 Å². The highest BCUT2D eigenvalue weighted by Crippen LogP contribution is 2.31. The first kappa shape index (κ1) is 17.5. The molecule has 0 aromatic heterocycles. The number of amides is 1. The molecule has 0 radical (unpaired) electrons. The van der Waals surface area contributed by atoms with Gasteiger partial charge in [0.15, 0.2) is 5.78 Å². The average molecular weight is 317 g/mol. The van der Waals surface area contributed by atoms with Crippen molar-refractivity contribution in [3.05, 3.63) is 35.9 Å². The van der Waals surface area contributed by atoms with Gasteiger partial charge in [0.25, 0.3) is 0 Å². The van der Waals surface area contributed by atoms with E-state index < -0.39 is 0 Å². The van der Waals surface area contributed by atoms with Crippen molar-refractivity contribution in [3.8, 4) is 0 Å². The summed E-state index contributed by atoms with van der Waals surface area (Å²) in [6.45, 7) is 8.90. The smallest absolute Gasteiger partial charge is 0.410 e. The molecule has 1 heterocycles. The molecule has 0 N–H and O–H groups in total. The molecular weight excluding hydrogens is 290 g/mol. The fourth-order valence-corrected chi connectivity index (χ4v) is 3.01. The first-order valence-electron chi connectivity index (χ1n) is 8.41. The zero-order valence-electron chi connectivity index (χ0n) is 14.5. The summed E-state index contributed by atoms with van der Waals surface area (Å²) < 4.78 is 5.43. The summed E-state index contributed by atoms with van der Waals surface area (Å²) in [5.74, 6) is 0.858. The van der Waals surface area contributed by atoms with E-state index in [0.29, 0.717) is 18.4 Å². The maximum Gasteiger partial charge on any atom is 0.410 e. The molecule has 0 bridgehead atoms. The summed E-state index contributed by atoms with van der Waals surface area (Å²) >= 11 is 0. The predicted octanol–water partition coefficient (Wildman–Crippen LogP) is 3.89. The molecule has 4 heteroatoms. The lowest BCUT2D eigenvalue weighted by molar-refractivity contribution is -0.126. The lowest BCUT2D eigenvalue weighted by atomic mass is 9.90. The third kappa shape index (κ3) is 4.34. The van der Waals surface area contributed by atoms with Crippen molar-refractivity contribution in [2.75, 3.05) is 6.54 Å². The van der Waals surface area contributed by atoms with E-state index in [9.17, 15) is 9.59 Å². The van der Waals surface area contributed by atoms with Crippen LogP contribution in [0.1, 0.15) is 39.7 Å². The third-order valence-electron chi connectivity index (χ3n) is 4.61. The van der Waals surface area contributed by atoms with Crippen LogP contribution in [-0.4, -0.2) is 29.4 Å². The lowest BCUT2D eigenvalue weighted by Gasteiger charge is -2.24. The molecule has 1 aromatic carbocycles. The Labute approximate surface area is 138 Å². The maximum absolute atomic E-state index is 12.5. The molecule has 1 saturated heterocycles. The second-order valence-corrected chi connectivity index (χ2v) is 7.01. The van der Waals surface area contributed by atoms with E-state index in [1.54, 1.807) is 4.90 Å². The summed E-state index contributed by atoms with van der Waals surface area (Å²) in [6.07, 6.45) is 0.366. The Bertz CT molecular complexity index is 539. The first-order valence-corrected chi connectivity index (χ1v) is 8.41. The molecule has 2 atom stereocenters. The first-order chi connectivity index (χ1) is 10.9. The van der Waals surface area contributed by atoms with Crippen molar-refractivity contribution in [3.63, 3.8) is 0 Å². The highest BCUT2D eigenvalue weighted by Gasteiger charge is 2.41. The van der Waals surface area contributed by atoms with Gasteiger partial charge in [0.05, 0.1) is 6.04 Å². The highest BCUT2D eigenvalue weighted by molar-refractivity contribution is 5.89. The van der Waals surface area contributed by atoms with E-state index in [1.165, 1.54) is 0 Å². The van der Waals surface area contributed by atoms with E-state index in [-0.39, 0.29) is 30.4 Å². The molecule has 1 amide bonds. The number of hydrogen-bond donors (Lipinski definition) is 0. The van der Waals surface area contributed by atoms with Gasteiger partial charge in [-0.15, -0.1) is 0 Å². The number of benzene rings is 1. The molecule has 1 aliphatic rings. The molecule has 1 aromatic rings. The summed E-state index contributed by atoms with van der Waals surface area (Å²) in [5, 5.41) is 0. The van der Waals surface area contributed by atoms with Gasteiger partial charge in [-0.3, -0.25) is 9.69 Å². The molecule has 0 aliphatic carbocycles. The summed E-state index contributed by atoms with van der Waals surface area (Å²) in [6, 6.07) is 9.26. The van der Waals surface area contributed by atoms with Crippen LogP contribution in [0.2, 0.25) is 0 Å². The zero-order chi connectivity index (χ0) is 17.0. The monoisotopic (exact) mass is 317 g/mol. The normalized spacial score (nSPS) is 21.0. The van der Waals surface area contributed by atoms with E-state index in [2.05, 4.69) is 13.8 Å². The zero-order valence-corrected chi connectivity index (χ0v) is 14.5. The Morgan fingerprint density at radius 1 is 1.17 bits per heavy atom. The maximum atomic E-state index is 12.5. The van der Waals surface area contributed by atoms with E-state index in [4.69, 9.17) is 4.74 Å². The van der Waals surface area contributed by atoms with Gasteiger partial charge in [0, 0.05) is 12.5 Å². The van der Waals surface area contributed by atoms with Gasteiger partial charge in [-0.2, -0.15) is 0 Å². The number of ketones is 1. The van der Waals surface area contributed by atoms with Crippen LogP contribution in [0.3, 0.4) is 0 Å². The third-order valence-corrected chi connectivity index (χ3v) is 4.61. The van der Waals surface area contributed by atoms with Crippen molar-refractivity contribution in [1.82, 2.24) is 4.90 Å². The Morgan fingerprint density at radius 3 is 2.39 bits per heavy atom. The molecule has 126 valence electrons. The fourth-order valence-electron chi connectivity index (χ4n) is 3.01. The van der Waals surface area contributed by atoms with Gasteiger partial charge in [-0.1, -0.05) is 58.0 Å². The molecule has 23 heavy (non-hydrogen) atoms. The van der Waals surface area contributed by atoms with Crippen molar-refractivity contribution in [1.29, 1.82) is 0 Å². The molecule has 1 fully saturated rings. The molecular formula is C19H27NO3. The van der Waals surface area contributed by atoms with E-state index >= 15 is 0 Å². The van der Waals surface area contributed by atoms with Crippen molar-refractivity contribution >= 4 is 11.9 Å². The van der Waals surface area contributed by atoms with Gasteiger partial charge in [-0.05, 0) is 23.8 Å². The predicted molar refractivity (Wildman–Crippen MR) is 89.9 cm³/mol. The minimum Gasteiger partial charge on any atom is -0.445 e. The number of carbonyl (C=O) groups is 2. The summed E-state index contributed by atoms with van der Waals surface area (Å²) in [5.41, 5.74) is 0.951. The summed E-state index contributed by atoms with van der Waals surface area (Å²) in [7, 11) is 0. The van der Waals surface area contributed by atoms with E-state index in [1.807, 2.05) is 44.2 Å². The SMILES string of the molecule is CC(C)C(=O)[C@@H]1C[C@@H](C(C)C)CN1C(=O)OCc1ccccc1. The molecule has 4 nitrogen and oxygen atoms in total. The fraction of sp³-hybridized carbons (Fsp3) is 0.579. The quantitative estimate of drug-likeness (QED) is 0.827. The Kier molecular flexibility index (Phi) is 5.80. The number of carbonyl (C=O) groups excluding carboxylic acids is 2. The molecule has 0 spiro atoms. The van der Waals surface area contributed by atoms with Gasteiger partial charge >= 0.3 is 6.09 Å². The number of likely N-dealkylation sites (tertiary alicyclic amines) is 1. The second-order valence-electron chi connectivity index (χ2n) is 7.01. The number of hydrogen-bond acceptors (Lipinski definition) is 3. The Balaban J connectivity index is 2.04. The molecule has 1 aliphatic heterocycles. The van der Waals surface area contributed by atoms with Crippen LogP contribution < -0.4 is 0 Å². The second kappa shape index (κ2) is 7.62. The topological polar surface area (TPSA) is 46.6 Å². The van der Waals surface area contributed by atoms with Gasteiger partial charge in [0.2, 0.25) is 0 Å². The van der Waals surface area contributed by atoms with Crippen LogP contribution in [0.4, 0.5) is 4.79 Å². The number of rotatable bonds is 5. The van der Waals surface area contributed by atoms with Crippen molar-refractivity contribution < 1.29 is 14.3 Å². The van der Waals surface area contributed by atoms with Crippen molar-refractivity contribution in [2.24, 2.45) is 17.8 Å². The minimum absolute atomic E-state index is 0.0738. The molecule has 0 unspecified atom stereocenters. The van der Waals surface area contributed by atoms with Crippen molar-refractivity contribution in [2.45, 2.75) is 46.8 Å². The minimum atomic E-state index is -0.379. The molecule has 0 saturated carbocycles. The number of nitrogens with zero attached hydrogens (tertiary/aromatic N) is 1. The van der Waals surface area contributed by atoms with Gasteiger partial charge in [0.1, 0.15) is 6.61 Å². The summed E-state index contributed by atoms with van der Waals surface area (Å²) in [4.78, 5) is 26.6. The Morgan fingerprint density at radius 2 is 1.83 bits per heavy atom. The van der Waals surface area contributed by atoms with E-state index in [0.717, 1.165) is 12.0 Å². The van der Waals surface area contributed by atoms with Gasteiger partial charge < -0.3 is 4.74 Å². The van der Waals surface area contributed by atoms with Crippen LogP contribution >= 0.6 is 0 Å². The largest absolute Gasteiger partial charge is 0.445 e. The molecule has 2 rings (SSSR count). The van der Waals surface area contributed by atoms with Crippen LogP contribution in [0.25, 0.3) is 0 Å². The number of Topliss-reactive ketones (excluding diaryl/α,β-unsaturated/α-hetero) is 1. The van der Waals surface area contributed by atoms with Crippen LogP contribution in [0.5, 0.6) is 0 Å². The van der Waals surface area contributed by atoms with Crippen LogP contribution in [0.15, 0.2) is 30.3 Å². The highest BCUT2D eigenvalue weighted by atomic mass is 16.6.